The molecule has 0 saturated heterocycles. The summed E-state index contributed by atoms with van der Waals surface area (Å²) < 4.78 is 5.12. The summed E-state index contributed by atoms with van der Waals surface area (Å²) in [5.74, 6) is 6.83. The Morgan fingerprint density at radius 1 is 1.33 bits per heavy atom. The van der Waals surface area contributed by atoms with Crippen LogP contribution in [0.15, 0.2) is 36.1 Å². The number of hydrogen-bond acceptors (Lipinski definition) is 3. The molecule has 1 aliphatic rings. The van der Waals surface area contributed by atoms with E-state index in [0.717, 1.165) is 11.3 Å². The number of allylic oxidation sites excluding steroid dienone is 2. The highest BCUT2D eigenvalue weighted by Crippen LogP contribution is 2.29. The minimum absolute atomic E-state index is 0.0225. The third-order valence-electron chi connectivity index (χ3n) is 3.24. The van der Waals surface area contributed by atoms with Crippen molar-refractivity contribution in [3.63, 3.8) is 0 Å². The molecule has 3 heteroatoms. The number of ether oxygens (including phenoxy) is 1. The van der Waals surface area contributed by atoms with E-state index in [1.807, 2.05) is 31.2 Å². The van der Waals surface area contributed by atoms with Gasteiger partial charge in [-0.15, -0.1) is 0 Å². The third kappa shape index (κ3) is 2.49. The Morgan fingerprint density at radius 2 is 2.00 bits per heavy atom. The van der Waals surface area contributed by atoms with E-state index in [1.165, 1.54) is 0 Å². The molecule has 0 radical (unpaired) electrons. The lowest BCUT2D eigenvalue weighted by atomic mass is 9.82. The zero-order valence-corrected chi connectivity index (χ0v) is 10.6. The maximum Gasteiger partial charge on any atom is 0.163 e. The fourth-order valence-corrected chi connectivity index (χ4v) is 2.13. The fourth-order valence-electron chi connectivity index (χ4n) is 2.13. The second-order valence-electron chi connectivity index (χ2n) is 4.51. The van der Waals surface area contributed by atoms with Crippen molar-refractivity contribution in [2.45, 2.75) is 13.0 Å². The Kier molecular flexibility index (Phi) is 3.59. The van der Waals surface area contributed by atoms with Gasteiger partial charge in [-0.2, -0.15) is 0 Å². The summed E-state index contributed by atoms with van der Waals surface area (Å²) >= 11 is 0. The summed E-state index contributed by atoms with van der Waals surface area (Å²) in [7, 11) is 1.64. The molecule has 1 aliphatic carbocycles. The number of hydrogen-bond donors (Lipinski definition) is 2. The molecule has 2 rings (SSSR count). The quantitative estimate of drug-likeness (QED) is 0.801. The second-order valence-corrected chi connectivity index (χ2v) is 4.51. The minimum atomic E-state index is -0.164. The molecular formula is C15H17NO2. The molecule has 0 bridgehead atoms. The first kappa shape index (κ1) is 12.5. The highest BCUT2D eigenvalue weighted by atomic mass is 16.5. The Balaban J connectivity index is 2.18. The van der Waals surface area contributed by atoms with Crippen molar-refractivity contribution in [2.24, 2.45) is 17.6 Å². The van der Waals surface area contributed by atoms with Gasteiger partial charge in [0.1, 0.15) is 5.75 Å². The molecule has 0 fully saturated rings. The molecule has 3 nitrogen and oxygen atoms in total. The number of aliphatic hydroxyl groups is 1. The average molecular weight is 243 g/mol. The first-order valence-electron chi connectivity index (χ1n) is 5.93. The van der Waals surface area contributed by atoms with Crippen molar-refractivity contribution in [2.75, 3.05) is 7.11 Å². The van der Waals surface area contributed by atoms with E-state index in [0.29, 0.717) is 0 Å². The molecular weight excluding hydrogens is 226 g/mol. The van der Waals surface area contributed by atoms with Crippen molar-refractivity contribution in [1.29, 1.82) is 0 Å². The summed E-state index contributed by atoms with van der Waals surface area (Å²) in [5, 5.41) is 9.35. The number of aliphatic hydroxyl groups excluding tert-OH is 1. The average Bonchev–Trinajstić information content (AvgIpc) is 2.38. The van der Waals surface area contributed by atoms with Crippen molar-refractivity contribution in [1.82, 2.24) is 0 Å². The maximum atomic E-state index is 9.35. The molecule has 3 N–H and O–H groups in total. The summed E-state index contributed by atoms with van der Waals surface area (Å²) in [6.07, 6.45) is 1.75. The topological polar surface area (TPSA) is 55.5 Å². The van der Waals surface area contributed by atoms with Crippen LogP contribution in [0.3, 0.4) is 0 Å². The van der Waals surface area contributed by atoms with Gasteiger partial charge >= 0.3 is 0 Å². The molecule has 0 saturated carbocycles. The molecule has 0 heterocycles. The van der Waals surface area contributed by atoms with E-state index in [-0.39, 0.29) is 23.6 Å². The van der Waals surface area contributed by atoms with Gasteiger partial charge < -0.3 is 15.6 Å². The first-order chi connectivity index (χ1) is 8.61. The standard InChI is InChI=1S/C15H17NO2/c1-10-9-12(17)5-8-14(10)15(16)11-3-6-13(18-2)7-4-11/h3-4,6-7,9-10,14-15,17H,16H2,1-2H3. The van der Waals surface area contributed by atoms with Gasteiger partial charge in [0.25, 0.3) is 0 Å². The normalized spacial score (nSPS) is 23.6. The van der Waals surface area contributed by atoms with Crippen LogP contribution in [0.2, 0.25) is 0 Å². The Bertz CT molecular complexity index is 508. The number of rotatable bonds is 3. The lowest BCUT2D eigenvalue weighted by Crippen LogP contribution is -2.26. The van der Waals surface area contributed by atoms with E-state index in [9.17, 15) is 5.11 Å². The van der Waals surface area contributed by atoms with Gasteiger partial charge in [-0.3, -0.25) is 0 Å². The Morgan fingerprint density at radius 3 is 2.56 bits per heavy atom. The van der Waals surface area contributed by atoms with Crippen LogP contribution in [0.1, 0.15) is 18.5 Å². The molecule has 3 unspecified atom stereocenters. The van der Waals surface area contributed by atoms with Crippen LogP contribution >= 0.6 is 0 Å². The Labute approximate surface area is 107 Å². The van der Waals surface area contributed by atoms with Crippen LogP contribution in [0, 0.1) is 23.7 Å². The predicted octanol–water partition coefficient (Wildman–Crippen LogP) is 2.41. The van der Waals surface area contributed by atoms with Crippen molar-refractivity contribution >= 4 is 0 Å². The van der Waals surface area contributed by atoms with Crippen molar-refractivity contribution in [3.05, 3.63) is 41.7 Å². The van der Waals surface area contributed by atoms with E-state index in [4.69, 9.17) is 10.5 Å². The fraction of sp³-hybridized carbons (Fsp3) is 0.333. The van der Waals surface area contributed by atoms with E-state index < -0.39 is 0 Å². The number of nitrogens with two attached hydrogens (primary N) is 1. The largest absolute Gasteiger partial charge is 0.501 e. The van der Waals surface area contributed by atoms with Gasteiger partial charge in [0.15, 0.2) is 5.76 Å². The highest BCUT2D eigenvalue weighted by Gasteiger charge is 2.24. The smallest absolute Gasteiger partial charge is 0.163 e. The lowest BCUT2D eigenvalue weighted by Gasteiger charge is -2.25. The molecule has 0 amide bonds. The highest BCUT2D eigenvalue weighted by molar-refractivity contribution is 5.34. The predicted molar refractivity (Wildman–Crippen MR) is 71.1 cm³/mol. The first-order valence-corrected chi connectivity index (χ1v) is 5.93. The molecule has 0 aromatic heterocycles. The summed E-state index contributed by atoms with van der Waals surface area (Å²) in [6, 6.07) is 7.53. The van der Waals surface area contributed by atoms with Crippen LogP contribution in [0.4, 0.5) is 0 Å². The third-order valence-corrected chi connectivity index (χ3v) is 3.24. The molecule has 94 valence electrons. The monoisotopic (exact) mass is 243 g/mol. The lowest BCUT2D eigenvalue weighted by molar-refractivity contribution is 0.391. The van der Waals surface area contributed by atoms with Crippen molar-refractivity contribution in [3.8, 4) is 17.6 Å². The number of methoxy groups -OCH3 is 1. The second kappa shape index (κ2) is 5.16. The van der Waals surface area contributed by atoms with E-state index in [2.05, 4.69) is 11.8 Å². The zero-order chi connectivity index (χ0) is 13.1. The molecule has 0 aliphatic heterocycles. The zero-order valence-electron chi connectivity index (χ0n) is 10.6. The molecule has 3 atom stereocenters. The minimum Gasteiger partial charge on any atom is -0.501 e. The van der Waals surface area contributed by atoms with Crippen LogP contribution in [-0.4, -0.2) is 12.2 Å². The van der Waals surface area contributed by atoms with Gasteiger partial charge in [-0.05, 0) is 35.6 Å². The number of benzene rings is 1. The van der Waals surface area contributed by atoms with Gasteiger partial charge in [0, 0.05) is 12.0 Å². The van der Waals surface area contributed by atoms with E-state index in [1.54, 1.807) is 13.2 Å². The van der Waals surface area contributed by atoms with Crippen LogP contribution in [-0.2, 0) is 0 Å². The van der Waals surface area contributed by atoms with Crippen LogP contribution in [0.5, 0.6) is 5.75 Å². The van der Waals surface area contributed by atoms with Gasteiger partial charge in [-0.1, -0.05) is 25.0 Å². The summed E-state index contributed by atoms with van der Waals surface area (Å²) in [5.41, 5.74) is 7.27. The van der Waals surface area contributed by atoms with Gasteiger partial charge in [-0.25, -0.2) is 0 Å². The van der Waals surface area contributed by atoms with Crippen LogP contribution in [0.25, 0.3) is 0 Å². The van der Waals surface area contributed by atoms with Gasteiger partial charge in [0.2, 0.25) is 0 Å². The van der Waals surface area contributed by atoms with Crippen molar-refractivity contribution < 1.29 is 9.84 Å². The molecule has 18 heavy (non-hydrogen) atoms. The van der Waals surface area contributed by atoms with Gasteiger partial charge in [0.05, 0.1) is 7.11 Å². The molecule has 1 aromatic carbocycles. The summed E-state index contributed by atoms with van der Waals surface area (Å²) in [4.78, 5) is 0. The maximum absolute atomic E-state index is 9.35. The van der Waals surface area contributed by atoms with E-state index >= 15 is 0 Å². The molecule has 0 spiro atoms. The van der Waals surface area contributed by atoms with Crippen LogP contribution < -0.4 is 10.5 Å². The Hall–Kier alpha value is -1.92. The molecule has 1 aromatic rings. The SMILES string of the molecule is COc1ccc(C(N)C2C#CC(O)=CC2C)cc1. The summed E-state index contributed by atoms with van der Waals surface area (Å²) in [6.45, 7) is 2.01.